The summed E-state index contributed by atoms with van der Waals surface area (Å²) >= 11 is 0. The van der Waals surface area contributed by atoms with Crippen molar-refractivity contribution in [3.05, 3.63) is 65.4 Å². The molecule has 2 aromatic carbocycles. The molecular weight excluding hydrogens is 400 g/mol. The van der Waals surface area contributed by atoms with Crippen molar-refractivity contribution in [1.82, 2.24) is 9.80 Å². The number of para-hydroxylation sites is 2. The molecule has 3 heterocycles. The topological polar surface area (TPSA) is 45.9 Å². The maximum atomic E-state index is 12.9. The quantitative estimate of drug-likeness (QED) is 0.561. The number of ether oxygens (including phenoxy) is 1. The number of hydrogen-bond acceptors (Lipinski definition) is 4. The number of carbonyl (C=O) groups is 1. The first-order chi connectivity index (χ1) is 15.4. The standard InChI is InChI=1S/C27H32N2O3/c1-27(2)16-21-8-6-9-22(25(21)32-27)18-29-13-11-19(12-14-29)17-28(3)26(30)24-15-20-7-4-5-10-23(20)31-24/h4-10,15,19H,11-14,16-18H2,1-3H3. The van der Waals surface area contributed by atoms with E-state index in [0.717, 1.165) is 62.2 Å². The minimum Gasteiger partial charge on any atom is -0.487 e. The Hall–Kier alpha value is -2.79. The van der Waals surface area contributed by atoms with Gasteiger partial charge >= 0.3 is 0 Å². The van der Waals surface area contributed by atoms with E-state index in [0.29, 0.717) is 11.7 Å². The molecule has 5 heteroatoms. The third kappa shape index (κ3) is 4.26. The number of rotatable bonds is 5. The van der Waals surface area contributed by atoms with Gasteiger partial charge in [-0.05, 0) is 63.4 Å². The van der Waals surface area contributed by atoms with E-state index < -0.39 is 0 Å². The van der Waals surface area contributed by atoms with Gasteiger partial charge in [0.2, 0.25) is 0 Å². The summed E-state index contributed by atoms with van der Waals surface area (Å²) in [5.41, 5.74) is 3.27. The van der Waals surface area contributed by atoms with Crippen molar-refractivity contribution in [3.63, 3.8) is 0 Å². The fourth-order valence-electron chi connectivity index (χ4n) is 5.12. The van der Waals surface area contributed by atoms with Gasteiger partial charge in [-0.15, -0.1) is 0 Å². The maximum Gasteiger partial charge on any atom is 0.289 e. The number of carbonyl (C=O) groups excluding carboxylic acids is 1. The molecule has 168 valence electrons. The van der Waals surface area contributed by atoms with Crippen LogP contribution in [0.2, 0.25) is 0 Å². The zero-order chi connectivity index (χ0) is 22.3. The van der Waals surface area contributed by atoms with Crippen molar-refractivity contribution < 1.29 is 13.9 Å². The van der Waals surface area contributed by atoms with E-state index >= 15 is 0 Å². The summed E-state index contributed by atoms with van der Waals surface area (Å²) in [6, 6.07) is 16.1. The van der Waals surface area contributed by atoms with E-state index in [4.69, 9.17) is 9.15 Å². The number of amides is 1. The van der Waals surface area contributed by atoms with Gasteiger partial charge in [-0.3, -0.25) is 9.69 Å². The van der Waals surface area contributed by atoms with Gasteiger partial charge in [0.05, 0.1) is 0 Å². The Morgan fingerprint density at radius 1 is 1.12 bits per heavy atom. The van der Waals surface area contributed by atoms with Crippen molar-refractivity contribution in [2.45, 2.75) is 45.3 Å². The van der Waals surface area contributed by atoms with Crippen LogP contribution in [-0.4, -0.2) is 48.0 Å². The van der Waals surface area contributed by atoms with Crippen LogP contribution < -0.4 is 4.74 Å². The van der Waals surface area contributed by atoms with Gasteiger partial charge in [-0.1, -0.05) is 36.4 Å². The molecular formula is C27H32N2O3. The largest absolute Gasteiger partial charge is 0.487 e. The molecule has 0 atom stereocenters. The third-order valence-corrected chi connectivity index (χ3v) is 6.79. The highest BCUT2D eigenvalue weighted by Crippen LogP contribution is 2.38. The molecule has 0 unspecified atom stereocenters. The Balaban J connectivity index is 1.15. The predicted octanol–water partition coefficient (Wildman–Crippen LogP) is 5.13. The average Bonchev–Trinajstić information content (AvgIpc) is 3.34. The number of benzene rings is 2. The Kier molecular flexibility index (Phi) is 5.46. The summed E-state index contributed by atoms with van der Waals surface area (Å²) in [6.45, 7) is 8.10. The molecule has 0 spiro atoms. The lowest BCUT2D eigenvalue weighted by Gasteiger charge is -2.34. The Bertz CT molecular complexity index is 1090. The molecule has 0 bridgehead atoms. The molecule has 0 N–H and O–H groups in total. The van der Waals surface area contributed by atoms with Crippen LogP contribution in [0.4, 0.5) is 0 Å². The lowest BCUT2D eigenvalue weighted by atomic mass is 9.95. The number of fused-ring (bicyclic) bond motifs is 2. The number of piperidine rings is 1. The second-order valence-electron chi connectivity index (χ2n) is 10.00. The summed E-state index contributed by atoms with van der Waals surface area (Å²) in [5, 5.41) is 0.970. The van der Waals surface area contributed by atoms with E-state index in [1.54, 1.807) is 0 Å². The summed E-state index contributed by atoms with van der Waals surface area (Å²) in [4.78, 5) is 17.2. The normalized spacial score (nSPS) is 18.5. The van der Waals surface area contributed by atoms with Gasteiger partial charge in [-0.2, -0.15) is 0 Å². The van der Waals surface area contributed by atoms with Crippen LogP contribution in [0.15, 0.2) is 52.9 Å². The SMILES string of the molecule is CN(CC1CCN(Cc2cccc3c2OC(C)(C)C3)CC1)C(=O)c1cc2ccccc2o1. The Morgan fingerprint density at radius 3 is 2.69 bits per heavy atom. The predicted molar refractivity (Wildman–Crippen MR) is 126 cm³/mol. The number of likely N-dealkylation sites (tertiary alicyclic amines) is 1. The second kappa shape index (κ2) is 8.28. The molecule has 32 heavy (non-hydrogen) atoms. The smallest absolute Gasteiger partial charge is 0.289 e. The zero-order valence-corrected chi connectivity index (χ0v) is 19.3. The van der Waals surface area contributed by atoms with Crippen LogP contribution in [0, 0.1) is 5.92 Å². The molecule has 0 saturated carbocycles. The van der Waals surface area contributed by atoms with Gasteiger partial charge in [0.15, 0.2) is 5.76 Å². The van der Waals surface area contributed by atoms with E-state index in [1.807, 2.05) is 42.3 Å². The third-order valence-electron chi connectivity index (χ3n) is 6.79. The highest BCUT2D eigenvalue weighted by atomic mass is 16.5. The van der Waals surface area contributed by atoms with Gasteiger partial charge in [0.25, 0.3) is 5.91 Å². The van der Waals surface area contributed by atoms with Crippen LogP contribution in [-0.2, 0) is 13.0 Å². The maximum absolute atomic E-state index is 12.9. The van der Waals surface area contributed by atoms with Gasteiger partial charge in [-0.25, -0.2) is 0 Å². The van der Waals surface area contributed by atoms with E-state index in [-0.39, 0.29) is 11.5 Å². The fourth-order valence-corrected chi connectivity index (χ4v) is 5.12. The monoisotopic (exact) mass is 432 g/mol. The second-order valence-corrected chi connectivity index (χ2v) is 10.00. The van der Waals surface area contributed by atoms with Crippen LogP contribution >= 0.6 is 0 Å². The number of nitrogens with zero attached hydrogens (tertiary/aromatic N) is 2. The van der Waals surface area contributed by atoms with Gasteiger partial charge < -0.3 is 14.1 Å². The molecule has 1 amide bonds. The summed E-state index contributed by atoms with van der Waals surface area (Å²) in [5.74, 6) is 1.99. The summed E-state index contributed by atoms with van der Waals surface area (Å²) in [6.07, 6.45) is 3.17. The highest BCUT2D eigenvalue weighted by molar-refractivity contribution is 5.95. The Labute approximate surface area is 189 Å². The van der Waals surface area contributed by atoms with Crippen molar-refractivity contribution in [1.29, 1.82) is 0 Å². The van der Waals surface area contributed by atoms with Crippen LogP contribution in [0.3, 0.4) is 0 Å². The molecule has 2 aliphatic heterocycles. The van der Waals surface area contributed by atoms with Crippen molar-refractivity contribution in [2.75, 3.05) is 26.7 Å². The molecule has 1 saturated heterocycles. The van der Waals surface area contributed by atoms with Crippen molar-refractivity contribution in [3.8, 4) is 5.75 Å². The van der Waals surface area contributed by atoms with Crippen LogP contribution in [0.5, 0.6) is 5.75 Å². The molecule has 0 aliphatic carbocycles. The van der Waals surface area contributed by atoms with E-state index in [2.05, 4.69) is 36.9 Å². The molecule has 2 aliphatic rings. The first-order valence-electron chi connectivity index (χ1n) is 11.6. The molecule has 1 fully saturated rings. The van der Waals surface area contributed by atoms with E-state index in [9.17, 15) is 4.79 Å². The number of hydrogen-bond donors (Lipinski definition) is 0. The lowest BCUT2D eigenvalue weighted by molar-refractivity contribution is 0.0708. The zero-order valence-electron chi connectivity index (χ0n) is 19.3. The lowest BCUT2D eigenvalue weighted by Crippen LogP contribution is -2.39. The summed E-state index contributed by atoms with van der Waals surface area (Å²) in [7, 11) is 1.88. The van der Waals surface area contributed by atoms with Crippen molar-refractivity contribution >= 4 is 16.9 Å². The van der Waals surface area contributed by atoms with Crippen LogP contribution in [0.25, 0.3) is 11.0 Å². The minimum atomic E-state index is -0.109. The molecule has 1 aromatic heterocycles. The molecule has 3 aromatic rings. The number of furan rings is 1. The van der Waals surface area contributed by atoms with Gasteiger partial charge in [0.1, 0.15) is 16.9 Å². The van der Waals surface area contributed by atoms with Gasteiger partial charge in [0, 0.05) is 37.5 Å². The molecule has 5 rings (SSSR count). The summed E-state index contributed by atoms with van der Waals surface area (Å²) < 4.78 is 12.0. The highest BCUT2D eigenvalue weighted by Gasteiger charge is 2.32. The van der Waals surface area contributed by atoms with E-state index in [1.165, 1.54) is 11.1 Å². The van der Waals surface area contributed by atoms with Crippen LogP contribution in [0.1, 0.15) is 48.4 Å². The van der Waals surface area contributed by atoms with Crippen molar-refractivity contribution in [2.24, 2.45) is 5.92 Å². The first kappa shape index (κ1) is 21.1. The first-order valence-corrected chi connectivity index (χ1v) is 11.6. The fraction of sp³-hybridized carbons (Fsp3) is 0.444. The Morgan fingerprint density at radius 2 is 1.91 bits per heavy atom. The average molecular weight is 433 g/mol. The minimum absolute atomic E-state index is 0.0387. The molecule has 5 nitrogen and oxygen atoms in total. The molecule has 0 radical (unpaired) electrons.